The molecule has 0 spiro atoms. The first-order valence-electron chi connectivity index (χ1n) is 7.33. The molecule has 0 aromatic heterocycles. The highest BCUT2D eigenvalue weighted by Gasteiger charge is 2.49. The first-order chi connectivity index (χ1) is 8.61. The van der Waals surface area contributed by atoms with E-state index in [2.05, 4.69) is 18.7 Å². The Hall–Kier alpha value is -0.610. The zero-order valence-electron chi connectivity index (χ0n) is 11.8. The van der Waals surface area contributed by atoms with E-state index >= 15 is 0 Å². The Morgan fingerprint density at radius 2 is 1.89 bits per heavy atom. The van der Waals surface area contributed by atoms with E-state index in [4.69, 9.17) is 5.73 Å². The molecule has 0 atom stereocenters. The average molecular weight is 253 g/mol. The fourth-order valence-electron chi connectivity index (χ4n) is 3.53. The Bertz CT molecular complexity index is 291. The van der Waals surface area contributed by atoms with Gasteiger partial charge in [0.25, 0.3) is 0 Å². The molecule has 0 aromatic rings. The van der Waals surface area contributed by atoms with E-state index in [9.17, 15) is 4.79 Å². The molecule has 1 amide bonds. The van der Waals surface area contributed by atoms with Gasteiger partial charge in [-0.3, -0.25) is 9.69 Å². The number of nitrogens with two attached hydrogens (primary N) is 1. The van der Waals surface area contributed by atoms with Gasteiger partial charge in [0.15, 0.2) is 0 Å². The normalized spacial score (nSPS) is 33.3. The maximum atomic E-state index is 12.6. The van der Waals surface area contributed by atoms with Crippen LogP contribution in [-0.2, 0) is 4.79 Å². The van der Waals surface area contributed by atoms with Gasteiger partial charge in [-0.05, 0) is 31.7 Å². The Kier molecular flexibility index (Phi) is 4.28. The SMILES string of the molecule is CCCN1CCN(C(=O)C2(CN)CC(C)C2)CC1. The number of carbonyl (C=O) groups is 1. The Labute approximate surface area is 110 Å². The van der Waals surface area contributed by atoms with Gasteiger partial charge in [0.1, 0.15) is 0 Å². The van der Waals surface area contributed by atoms with Crippen molar-refractivity contribution >= 4 is 5.91 Å². The lowest BCUT2D eigenvalue weighted by Crippen LogP contribution is -2.58. The number of rotatable bonds is 4. The fraction of sp³-hybridized carbons (Fsp3) is 0.929. The minimum atomic E-state index is -0.216. The van der Waals surface area contributed by atoms with Crippen LogP contribution in [0.5, 0.6) is 0 Å². The van der Waals surface area contributed by atoms with E-state index in [1.807, 2.05) is 4.90 Å². The summed E-state index contributed by atoms with van der Waals surface area (Å²) >= 11 is 0. The molecule has 0 unspecified atom stereocenters. The number of piperazine rings is 1. The van der Waals surface area contributed by atoms with Gasteiger partial charge < -0.3 is 10.6 Å². The third kappa shape index (κ3) is 2.54. The molecule has 2 aliphatic rings. The van der Waals surface area contributed by atoms with E-state index in [0.29, 0.717) is 18.4 Å². The van der Waals surface area contributed by atoms with Crippen LogP contribution < -0.4 is 5.73 Å². The van der Waals surface area contributed by atoms with E-state index < -0.39 is 0 Å². The van der Waals surface area contributed by atoms with Crippen LogP contribution in [0.1, 0.15) is 33.1 Å². The van der Waals surface area contributed by atoms with Gasteiger partial charge in [0.2, 0.25) is 5.91 Å². The lowest BCUT2D eigenvalue weighted by molar-refractivity contribution is -0.151. The Balaban J connectivity index is 1.87. The second-order valence-electron chi connectivity index (χ2n) is 6.13. The van der Waals surface area contributed by atoms with Crippen LogP contribution in [0.4, 0.5) is 0 Å². The number of hydrogen-bond acceptors (Lipinski definition) is 3. The molecule has 0 radical (unpaired) electrons. The molecule has 1 aliphatic heterocycles. The molecule has 4 nitrogen and oxygen atoms in total. The summed E-state index contributed by atoms with van der Waals surface area (Å²) in [7, 11) is 0. The minimum Gasteiger partial charge on any atom is -0.340 e. The lowest BCUT2D eigenvalue weighted by atomic mass is 9.62. The average Bonchev–Trinajstić information content (AvgIpc) is 2.35. The molecular formula is C14H27N3O. The summed E-state index contributed by atoms with van der Waals surface area (Å²) in [5, 5.41) is 0. The summed E-state index contributed by atoms with van der Waals surface area (Å²) in [5.41, 5.74) is 5.64. The highest BCUT2D eigenvalue weighted by Crippen LogP contribution is 2.46. The van der Waals surface area contributed by atoms with Gasteiger partial charge in [0.05, 0.1) is 5.41 Å². The third-order valence-corrected chi connectivity index (χ3v) is 4.52. The van der Waals surface area contributed by atoms with E-state index in [-0.39, 0.29) is 5.41 Å². The van der Waals surface area contributed by atoms with Crippen molar-refractivity contribution in [2.24, 2.45) is 17.1 Å². The molecule has 1 saturated heterocycles. The summed E-state index contributed by atoms with van der Waals surface area (Å²) in [5.74, 6) is 0.984. The predicted molar refractivity (Wildman–Crippen MR) is 73.2 cm³/mol. The summed E-state index contributed by atoms with van der Waals surface area (Å²) < 4.78 is 0. The van der Waals surface area contributed by atoms with Crippen LogP contribution >= 0.6 is 0 Å². The minimum absolute atomic E-state index is 0.216. The van der Waals surface area contributed by atoms with Gasteiger partial charge in [-0.25, -0.2) is 0 Å². The monoisotopic (exact) mass is 253 g/mol. The Morgan fingerprint density at radius 3 is 2.33 bits per heavy atom. The van der Waals surface area contributed by atoms with Crippen LogP contribution in [0.3, 0.4) is 0 Å². The first-order valence-corrected chi connectivity index (χ1v) is 7.33. The van der Waals surface area contributed by atoms with Gasteiger partial charge in [-0.1, -0.05) is 13.8 Å². The Morgan fingerprint density at radius 1 is 1.28 bits per heavy atom. The van der Waals surface area contributed by atoms with Crippen molar-refractivity contribution in [3.63, 3.8) is 0 Å². The molecule has 2 fully saturated rings. The second-order valence-corrected chi connectivity index (χ2v) is 6.13. The molecule has 4 heteroatoms. The van der Waals surface area contributed by atoms with Gasteiger partial charge >= 0.3 is 0 Å². The number of amides is 1. The summed E-state index contributed by atoms with van der Waals surface area (Å²) in [4.78, 5) is 17.1. The zero-order chi connectivity index (χ0) is 13.2. The molecule has 1 aliphatic carbocycles. The third-order valence-electron chi connectivity index (χ3n) is 4.52. The van der Waals surface area contributed by atoms with Gasteiger partial charge in [0, 0.05) is 32.7 Å². The molecule has 104 valence electrons. The molecule has 0 bridgehead atoms. The molecule has 2 rings (SSSR count). The van der Waals surface area contributed by atoms with Crippen LogP contribution in [0, 0.1) is 11.3 Å². The molecule has 18 heavy (non-hydrogen) atoms. The van der Waals surface area contributed by atoms with Crippen molar-refractivity contribution in [1.29, 1.82) is 0 Å². The van der Waals surface area contributed by atoms with Gasteiger partial charge in [-0.15, -0.1) is 0 Å². The van der Waals surface area contributed by atoms with E-state index in [1.165, 1.54) is 6.42 Å². The molecule has 1 saturated carbocycles. The number of nitrogens with zero attached hydrogens (tertiary/aromatic N) is 2. The number of hydrogen-bond donors (Lipinski definition) is 1. The fourth-order valence-corrected chi connectivity index (χ4v) is 3.53. The highest BCUT2D eigenvalue weighted by molar-refractivity contribution is 5.84. The van der Waals surface area contributed by atoms with Crippen molar-refractivity contribution < 1.29 is 4.79 Å². The largest absolute Gasteiger partial charge is 0.340 e. The highest BCUT2D eigenvalue weighted by atomic mass is 16.2. The summed E-state index contributed by atoms with van der Waals surface area (Å²) in [6.07, 6.45) is 3.16. The smallest absolute Gasteiger partial charge is 0.230 e. The van der Waals surface area contributed by atoms with Crippen molar-refractivity contribution in [2.75, 3.05) is 39.3 Å². The van der Waals surface area contributed by atoms with Crippen LogP contribution in [0.15, 0.2) is 0 Å². The quantitative estimate of drug-likeness (QED) is 0.810. The zero-order valence-corrected chi connectivity index (χ0v) is 11.8. The van der Waals surface area contributed by atoms with E-state index in [0.717, 1.165) is 45.6 Å². The van der Waals surface area contributed by atoms with Crippen LogP contribution in [0.2, 0.25) is 0 Å². The standard InChI is InChI=1S/C14H27N3O/c1-3-4-16-5-7-17(8-6-16)13(18)14(11-15)9-12(2)10-14/h12H,3-11,15H2,1-2H3. The predicted octanol–water partition coefficient (Wildman–Crippen LogP) is 0.916. The maximum Gasteiger partial charge on any atom is 0.230 e. The first kappa shape index (κ1) is 13.8. The van der Waals surface area contributed by atoms with Crippen molar-refractivity contribution in [1.82, 2.24) is 9.80 Å². The van der Waals surface area contributed by atoms with Crippen molar-refractivity contribution in [2.45, 2.75) is 33.1 Å². The van der Waals surface area contributed by atoms with Crippen molar-refractivity contribution in [3.8, 4) is 0 Å². The van der Waals surface area contributed by atoms with Crippen molar-refractivity contribution in [3.05, 3.63) is 0 Å². The summed E-state index contributed by atoms with van der Waals surface area (Å²) in [6, 6.07) is 0. The summed E-state index contributed by atoms with van der Waals surface area (Å²) in [6.45, 7) is 9.90. The number of carbonyl (C=O) groups excluding carboxylic acids is 1. The molecule has 2 N–H and O–H groups in total. The van der Waals surface area contributed by atoms with Gasteiger partial charge in [-0.2, -0.15) is 0 Å². The molecule has 0 aromatic carbocycles. The van der Waals surface area contributed by atoms with Crippen LogP contribution in [0.25, 0.3) is 0 Å². The topological polar surface area (TPSA) is 49.6 Å². The molecule has 1 heterocycles. The maximum absolute atomic E-state index is 12.6. The van der Waals surface area contributed by atoms with E-state index in [1.54, 1.807) is 0 Å². The lowest BCUT2D eigenvalue weighted by Gasteiger charge is -2.48. The second kappa shape index (κ2) is 5.57. The van der Waals surface area contributed by atoms with Crippen LogP contribution in [-0.4, -0.2) is 55.0 Å². The molecular weight excluding hydrogens is 226 g/mol.